The van der Waals surface area contributed by atoms with Gasteiger partial charge in [0.05, 0.1) is 0 Å². The van der Waals surface area contributed by atoms with Crippen molar-refractivity contribution in [3.63, 3.8) is 0 Å². The molecule has 1 heterocycles. The van der Waals surface area contributed by atoms with E-state index in [2.05, 4.69) is 4.72 Å². The first-order chi connectivity index (χ1) is 9.76. The molecule has 0 aliphatic rings. The predicted molar refractivity (Wildman–Crippen MR) is 86.0 cm³/mol. The van der Waals surface area contributed by atoms with Gasteiger partial charge in [-0.05, 0) is 24.5 Å². The van der Waals surface area contributed by atoms with Gasteiger partial charge in [-0.3, -0.25) is 4.79 Å². The highest BCUT2D eigenvalue weighted by molar-refractivity contribution is 7.91. The Labute approximate surface area is 131 Å². The van der Waals surface area contributed by atoms with E-state index in [9.17, 15) is 13.2 Å². The van der Waals surface area contributed by atoms with Gasteiger partial charge >= 0.3 is 0 Å². The fourth-order valence-corrected chi connectivity index (χ4v) is 4.26. The summed E-state index contributed by atoms with van der Waals surface area (Å²) in [6.45, 7) is 8.80. The van der Waals surface area contributed by atoms with Crippen molar-refractivity contribution < 1.29 is 13.2 Å². The van der Waals surface area contributed by atoms with Crippen molar-refractivity contribution in [3.8, 4) is 0 Å². The molecule has 1 aromatic heterocycles. The fourth-order valence-electron chi connectivity index (χ4n) is 1.90. The lowest BCUT2D eigenvalue weighted by molar-refractivity contribution is -0.129. The second-order valence-electron chi connectivity index (χ2n) is 5.33. The third kappa shape index (κ3) is 5.76. The number of nitrogens with one attached hydrogen (secondary N) is 1. The first kappa shape index (κ1) is 18.1. The van der Waals surface area contributed by atoms with Crippen molar-refractivity contribution in [1.29, 1.82) is 0 Å². The molecule has 1 rings (SSSR count). The zero-order chi connectivity index (χ0) is 16.0. The van der Waals surface area contributed by atoms with Gasteiger partial charge in [0.2, 0.25) is 15.9 Å². The topological polar surface area (TPSA) is 66.5 Å². The maximum atomic E-state index is 12.1. The standard InChI is InChI=1S/C14H24N2O3S2/c1-5-13-6-7-14(20-13)21(18,19)15-8-9-16(12(4)17)10-11(2)3/h6-7,11,15H,5,8-10H2,1-4H3. The Morgan fingerprint density at radius 1 is 1.38 bits per heavy atom. The number of rotatable bonds is 8. The molecule has 0 atom stereocenters. The van der Waals surface area contributed by atoms with Crippen molar-refractivity contribution in [1.82, 2.24) is 9.62 Å². The van der Waals surface area contributed by atoms with E-state index >= 15 is 0 Å². The average Bonchev–Trinajstić information content (AvgIpc) is 2.86. The fraction of sp³-hybridized carbons (Fsp3) is 0.643. The van der Waals surface area contributed by atoms with Crippen LogP contribution in [0.2, 0.25) is 0 Å². The molecule has 0 spiro atoms. The largest absolute Gasteiger partial charge is 0.341 e. The lowest BCUT2D eigenvalue weighted by Gasteiger charge is -2.23. The first-order valence-corrected chi connectivity index (χ1v) is 9.40. The molecule has 5 nitrogen and oxygen atoms in total. The molecule has 0 radical (unpaired) electrons. The Morgan fingerprint density at radius 2 is 2.05 bits per heavy atom. The number of hydrogen-bond acceptors (Lipinski definition) is 4. The normalized spacial score (nSPS) is 11.9. The Bertz CT molecular complexity index is 565. The van der Waals surface area contributed by atoms with E-state index in [0.717, 1.165) is 11.3 Å². The van der Waals surface area contributed by atoms with E-state index < -0.39 is 10.0 Å². The van der Waals surface area contributed by atoms with Crippen molar-refractivity contribution in [2.75, 3.05) is 19.6 Å². The maximum absolute atomic E-state index is 12.1. The average molecular weight is 332 g/mol. The van der Waals surface area contributed by atoms with Crippen LogP contribution in [-0.4, -0.2) is 38.9 Å². The zero-order valence-corrected chi connectivity index (χ0v) is 14.7. The Kier molecular flexibility index (Phi) is 6.83. The summed E-state index contributed by atoms with van der Waals surface area (Å²) < 4.78 is 27.2. The van der Waals surface area contributed by atoms with Crippen LogP contribution in [0.1, 0.15) is 32.6 Å². The van der Waals surface area contributed by atoms with Gasteiger partial charge in [-0.15, -0.1) is 11.3 Å². The summed E-state index contributed by atoms with van der Waals surface area (Å²) in [6, 6.07) is 3.46. The molecule has 0 unspecified atom stereocenters. The van der Waals surface area contributed by atoms with Crippen molar-refractivity contribution in [2.24, 2.45) is 5.92 Å². The molecule has 0 fully saturated rings. The lowest BCUT2D eigenvalue weighted by Crippen LogP contribution is -2.39. The molecular formula is C14H24N2O3S2. The van der Waals surface area contributed by atoms with Crippen molar-refractivity contribution in [2.45, 2.75) is 38.3 Å². The minimum absolute atomic E-state index is 0.0349. The van der Waals surface area contributed by atoms with Gasteiger partial charge in [-0.2, -0.15) is 0 Å². The number of carbonyl (C=O) groups excluding carboxylic acids is 1. The van der Waals surface area contributed by atoms with Gasteiger partial charge in [0.15, 0.2) is 0 Å². The summed E-state index contributed by atoms with van der Waals surface area (Å²) in [6.07, 6.45) is 0.826. The van der Waals surface area contributed by atoms with Gasteiger partial charge in [-0.25, -0.2) is 13.1 Å². The number of nitrogens with zero attached hydrogens (tertiary/aromatic N) is 1. The van der Waals surface area contributed by atoms with Crippen molar-refractivity contribution in [3.05, 3.63) is 17.0 Å². The monoisotopic (exact) mass is 332 g/mol. The van der Waals surface area contributed by atoms with Gasteiger partial charge in [0.1, 0.15) is 4.21 Å². The minimum atomic E-state index is -3.47. The highest BCUT2D eigenvalue weighted by atomic mass is 32.2. The second-order valence-corrected chi connectivity index (χ2v) is 8.49. The molecular weight excluding hydrogens is 308 g/mol. The number of sulfonamides is 1. The second kappa shape index (κ2) is 7.91. The molecule has 0 aliphatic carbocycles. The molecule has 120 valence electrons. The molecule has 21 heavy (non-hydrogen) atoms. The number of thiophene rings is 1. The third-order valence-corrected chi connectivity index (χ3v) is 6.14. The van der Waals surface area contributed by atoms with Gasteiger partial charge < -0.3 is 4.90 Å². The van der Waals surface area contributed by atoms with Crippen LogP contribution < -0.4 is 4.72 Å². The summed E-state index contributed by atoms with van der Waals surface area (Å²) in [5.74, 6) is 0.321. The summed E-state index contributed by atoms with van der Waals surface area (Å²) in [4.78, 5) is 14.2. The number of amides is 1. The quantitative estimate of drug-likeness (QED) is 0.793. The Hall–Kier alpha value is -0.920. The molecule has 0 saturated carbocycles. The molecule has 0 aliphatic heterocycles. The van der Waals surface area contributed by atoms with E-state index in [1.807, 2.05) is 26.8 Å². The van der Waals surface area contributed by atoms with E-state index in [-0.39, 0.29) is 12.5 Å². The van der Waals surface area contributed by atoms with Crippen LogP contribution >= 0.6 is 11.3 Å². The molecule has 7 heteroatoms. The smallest absolute Gasteiger partial charge is 0.250 e. The van der Waals surface area contributed by atoms with Crippen molar-refractivity contribution >= 4 is 27.3 Å². The first-order valence-electron chi connectivity index (χ1n) is 7.10. The van der Waals surface area contributed by atoms with E-state index in [1.165, 1.54) is 18.3 Å². The summed E-state index contributed by atoms with van der Waals surface area (Å²) in [5, 5.41) is 0. The van der Waals surface area contributed by atoms with Crippen LogP contribution in [0.15, 0.2) is 16.3 Å². The maximum Gasteiger partial charge on any atom is 0.250 e. The van der Waals surface area contributed by atoms with Crippen LogP contribution in [-0.2, 0) is 21.2 Å². The molecule has 0 aromatic carbocycles. The van der Waals surface area contributed by atoms with Crippen LogP contribution in [0, 0.1) is 5.92 Å². The number of carbonyl (C=O) groups is 1. The minimum Gasteiger partial charge on any atom is -0.341 e. The number of aryl methyl sites for hydroxylation is 1. The Balaban J connectivity index is 2.58. The molecule has 1 N–H and O–H groups in total. The van der Waals surface area contributed by atoms with E-state index in [4.69, 9.17) is 0 Å². The van der Waals surface area contributed by atoms with Gasteiger partial charge in [-0.1, -0.05) is 20.8 Å². The van der Waals surface area contributed by atoms with Gasteiger partial charge in [0, 0.05) is 31.4 Å². The van der Waals surface area contributed by atoms with Crippen LogP contribution in [0.4, 0.5) is 0 Å². The molecule has 0 bridgehead atoms. The summed E-state index contributed by atoms with van der Waals surface area (Å²) >= 11 is 1.28. The lowest BCUT2D eigenvalue weighted by atomic mass is 10.2. The van der Waals surface area contributed by atoms with Crippen LogP contribution in [0.25, 0.3) is 0 Å². The van der Waals surface area contributed by atoms with Crippen LogP contribution in [0.5, 0.6) is 0 Å². The number of hydrogen-bond donors (Lipinski definition) is 1. The molecule has 1 amide bonds. The third-order valence-electron chi connectivity index (χ3n) is 2.95. The highest BCUT2D eigenvalue weighted by Gasteiger charge is 2.17. The SMILES string of the molecule is CCc1ccc(S(=O)(=O)NCCN(CC(C)C)C(C)=O)s1. The zero-order valence-electron chi connectivity index (χ0n) is 13.0. The van der Waals surface area contributed by atoms with E-state index in [0.29, 0.717) is 23.2 Å². The van der Waals surface area contributed by atoms with E-state index in [1.54, 1.807) is 11.0 Å². The molecule has 0 saturated heterocycles. The Morgan fingerprint density at radius 3 is 2.52 bits per heavy atom. The summed E-state index contributed by atoms with van der Waals surface area (Å²) in [7, 11) is -3.47. The summed E-state index contributed by atoms with van der Waals surface area (Å²) in [5.41, 5.74) is 0. The predicted octanol–water partition coefficient (Wildman–Crippen LogP) is 2.09. The van der Waals surface area contributed by atoms with Gasteiger partial charge in [0.25, 0.3) is 0 Å². The molecule has 1 aromatic rings. The highest BCUT2D eigenvalue weighted by Crippen LogP contribution is 2.21. The van der Waals surface area contributed by atoms with Crippen LogP contribution in [0.3, 0.4) is 0 Å².